The topological polar surface area (TPSA) is 78.9 Å². The quantitative estimate of drug-likeness (QED) is 0.0261. The van der Waals surface area contributed by atoms with E-state index in [4.69, 9.17) is 14.2 Å². The SMILES string of the molecule is CC/C=C\C/C=C\C/C=C\C/C=C\C/C=C\CCCC(=O)OC[C@H](COC(=O)CCCCCCCCCCCCC/C=C\CCCCCCCC)OC(=O)CCCCCCCCCCCCC/C=C\CCCCCCCC. The molecule has 0 aromatic heterocycles. The standard InChI is InChI=1S/C71H124O6/c1-4-7-10-13-16-19-22-25-28-31-33-35-37-40-43-46-49-52-55-58-61-64-70(73)76-67-68(66-75-69(72)63-60-57-54-51-48-45-42-39-30-27-24-21-18-15-12-9-6-3)77-71(74)65-62-59-56-53-50-47-44-41-38-36-34-32-29-26-23-20-17-14-11-8-5-2/h9,12,18,21,25-30,42,45,51,54,68H,4-8,10-11,13-17,19-20,22-24,31-41,43-44,46-50,52-53,55-67H2,1-3H3/b12-9-,21-18-,28-25-,29-26-,30-27-,45-42-,54-51-/t68-/m1/s1. The molecule has 0 saturated heterocycles. The Morgan fingerprint density at radius 2 is 0.519 bits per heavy atom. The van der Waals surface area contributed by atoms with E-state index in [0.717, 1.165) is 77.0 Å². The highest BCUT2D eigenvalue weighted by molar-refractivity contribution is 5.71. The number of esters is 3. The lowest BCUT2D eigenvalue weighted by atomic mass is 10.0. The highest BCUT2D eigenvalue weighted by Gasteiger charge is 2.19. The van der Waals surface area contributed by atoms with Crippen LogP contribution in [0.2, 0.25) is 0 Å². The molecule has 0 aliphatic carbocycles. The zero-order valence-corrected chi connectivity index (χ0v) is 51.0. The second-order valence-corrected chi connectivity index (χ2v) is 22.0. The summed E-state index contributed by atoms with van der Waals surface area (Å²) in [7, 11) is 0. The summed E-state index contributed by atoms with van der Waals surface area (Å²) in [5.74, 6) is -0.941. The van der Waals surface area contributed by atoms with E-state index in [9.17, 15) is 14.4 Å². The van der Waals surface area contributed by atoms with Gasteiger partial charge in [-0.05, 0) is 109 Å². The Kier molecular flexibility index (Phi) is 62.2. The molecule has 0 unspecified atom stereocenters. The molecule has 0 spiro atoms. The predicted octanol–water partition coefficient (Wildman–Crippen LogP) is 22.7. The molecule has 0 N–H and O–H groups in total. The van der Waals surface area contributed by atoms with Gasteiger partial charge in [0.1, 0.15) is 13.2 Å². The average molecular weight is 1070 g/mol. The third-order valence-corrected chi connectivity index (χ3v) is 14.4. The van der Waals surface area contributed by atoms with E-state index in [0.29, 0.717) is 19.3 Å². The molecule has 0 aromatic carbocycles. The summed E-state index contributed by atoms with van der Waals surface area (Å²) < 4.78 is 16.9. The predicted molar refractivity (Wildman–Crippen MR) is 334 cm³/mol. The molecule has 77 heavy (non-hydrogen) atoms. The number of unbranched alkanes of at least 4 members (excludes halogenated alkanes) is 35. The molecule has 0 heterocycles. The summed E-state index contributed by atoms with van der Waals surface area (Å²) in [6.07, 6.45) is 86.0. The van der Waals surface area contributed by atoms with Gasteiger partial charge in [0.2, 0.25) is 0 Å². The number of hydrogen-bond donors (Lipinski definition) is 0. The maximum Gasteiger partial charge on any atom is 0.306 e. The van der Waals surface area contributed by atoms with E-state index in [1.165, 1.54) is 205 Å². The fourth-order valence-electron chi connectivity index (χ4n) is 9.41. The Hall–Kier alpha value is -3.41. The molecule has 6 heteroatoms. The minimum Gasteiger partial charge on any atom is -0.462 e. The number of allylic oxidation sites excluding steroid dienone is 14. The van der Waals surface area contributed by atoms with Crippen LogP contribution in [0.25, 0.3) is 0 Å². The number of carbonyl (C=O) groups excluding carboxylic acids is 3. The molecule has 0 saturated carbocycles. The largest absolute Gasteiger partial charge is 0.462 e. The molecule has 0 aliphatic rings. The number of ether oxygens (including phenoxy) is 3. The van der Waals surface area contributed by atoms with Crippen molar-refractivity contribution in [1.82, 2.24) is 0 Å². The maximum absolute atomic E-state index is 12.9. The van der Waals surface area contributed by atoms with Crippen molar-refractivity contribution in [2.45, 2.75) is 335 Å². The van der Waals surface area contributed by atoms with Gasteiger partial charge in [-0.2, -0.15) is 0 Å². The minimum atomic E-state index is -0.802. The van der Waals surface area contributed by atoms with Crippen molar-refractivity contribution in [1.29, 1.82) is 0 Å². The van der Waals surface area contributed by atoms with Crippen molar-refractivity contribution in [2.24, 2.45) is 0 Å². The minimum absolute atomic E-state index is 0.0931. The summed E-state index contributed by atoms with van der Waals surface area (Å²) in [4.78, 5) is 38.4. The van der Waals surface area contributed by atoms with Crippen LogP contribution in [0.5, 0.6) is 0 Å². The first-order valence-corrected chi connectivity index (χ1v) is 33.1. The summed E-state index contributed by atoms with van der Waals surface area (Å²) >= 11 is 0. The van der Waals surface area contributed by atoms with Gasteiger partial charge in [-0.1, -0.05) is 286 Å². The van der Waals surface area contributed by atoms with Gasteiger partial charge in [-0.15, -0.1) is 0 Å². The summed E-state index contributed by atoms with van der Waals surface area (Å²) in [6.45, 7) is 6.51. The molecule has 0 rings (SSSR count). The summed E-state index contributed by atoms with van der Waals surface area (Å²) in [5, 5.41) is 0. The fraction of sp³-hybridized carbons (Fsp3) is 0.761. The van der Waals surface area contributed by atoms with Crippen LogP contribution in [-0.4, -0.2) is 37.2 Å². The van der Waals surface area contributed by atoms with E-state index in [-0.39, 0.29) is 37.5 Å². The van der Waals surface area contributed by atoms with Gasteiger partial charge in [-0.3, -0.25) is 14.4 Å². The number of hydrogen-bond acceptors (Lipinski definition) is 6. The molecule has 444 valence electrons. The van der Waals surface area contributed by atoms with Crippen LogP contribution >= 0.6 is 0 Å². The van der Waals surface area contributed by atoms with Crippen LogP contribution < -0.4 is 0 Å². The molecule has 0 aromatic rings. The van der Waals surface area contributed by atoms with Crippen molar-refractivity contribution in [3.8, 4) is 0 Å². The monoisotopic (exact) mass is 1070 g/mol. The number of rotatable bonds is 60. The van der Waals surface area contributed by atoms with E-state index >= 15 is 0 Å². The molecule has 6 nitrogen and oxygen atoms in total. The van der Waals surface area contributed by atoms with Crippen molar-refractivity contribution < 1.29 is 28.6 Å². The normalized spacial score (nSPS) is 12.6. The molecule has 0 bridgehead atoms. The first kappa shape index (κ1) is 73.6. The second kappa shape index (κ2) is 65.1. The highest BCUT2D eigenvalue weighted by Crippen LogP contribution is 2.17. The van der Waals surface area contributed by atoms with Crippen molar-refractivity contribution in [2.75, 3.05) is 13.2 Å². The Bertz CT molecular complexity index is 1470. The maximum atomic E-state index is 12.9. The molecular formula is C71H124O6. The van der Waals surface area contributed by atoms with E-state index in [1.54, 1.807) is 0 Å². The average Bonchev–Trinajstić information content (AvgIpc) is 3.43. The first-order chi connectivity index (χ1) is 38.0. The molecule has 0 radical (unpaired) electrons. The lowest BCUT2D eigenvalue weighted by molar-refractivity contribution is -0.167. The van der Waals surface area contributed by atoms with Gasteiger partial charge in [0, 0.05) is 19.3 Å². The molecule has 0 amide bonds. The molecular weight excluding hydrogens is 949 g/mol. The van der Waals surface area contributed by atoms with Crippen LogP contribution in [0, 0.1) is 0 Å². The van der Waals surface area contributed by atoms with Crippen LogP contribution in [0.3, 0.4) is 0 Å². The van der Waals surface area contributed by atoms with Crippen LogP contribution in [0.15, 0.2) is 85.1 Å². The third kappa shape index (κ3) is 63.3. The van der Waals surface area contributed by atoms with Gasteiger partial charge >= 0.3 is 17.9 Å². The van der Waals surface area contributed by atoms with Gasteiger partial charge in [0.25, 0.3) is 0 Å². The van der Waals surface area contributed by atoms with Crippen molar-refractivity contribution >= 4 is 17.9 Å². The van der Waals surface area contributed by atoms with E-state index in [2.05, 4.69) is 106 Å². The second-order valence-electron chi connectivity index (χ2n) is 22.0. The molecule has 0 fully saturated rings. The third-order valence-electron chi connectivity index (χ3n) is 14.4. The Balaban J connectivity index is 4.41. The van der Waals surface area contributed by atoms with Gasteiger partial charge in [-0.25, -0.2) is 0 Å². The van der Waals surface area contributed by atoms with Crippen LogP contribution in [-0.2, 0) is 28.6 Å². The summed E-state index contributed by atoms with van der Waals surface area (Å²) in [5.41, 5.74) is 0. The van der Waals surface area contributed by atoms with Crippen LogP contribution in [0.4, 0.5) is 0 Å². The number of carbonyl (C=O) groups is 3. The van der Waals surface area contributed by atoms with Gasteiger partial charge < -0.3 is 14.2 Å². The Labute approximate surface area is 477 Å². The molecule has 1 atom stereocenters. The van der Waals surface area contributed by atoms with Gasteiger partial charge in [0.15, 0.2) is 6.10 Å². The lowest BCUT2D eigenvalue weighted by Gasteiger charge is -2.18. The van der Waals surface area contributed by atoms with E-state index in [1.807, 2.05) is 0 Å². The van der Waals surface area contributed by atoms with Crippen LogP contribution in [0.1, 0.15) is 329 Å². The molecule has 0 aliphatic heterocycles. The zero-order valence-electron chi connectivity index (χ0n) is 51.0. The fourth-order valence-corrected chi connectivity index (χ4v) is 9.41. The Morgan fingerprint density at radius 3 is 0.857 bits per heavy atom. The lowest BCUT2D eigenvalue weighted by Crippen LogP contribution is -2.30. The van der Waals surface area contributed by atoms with Crippen molar-refractivity contribution in [3.05, 3.63) is 85.1 Å². The first-order valence-electron chi connectivity index (χ1n) is 33.1. The summed E-state index contributed by atoms with van der Waals surface area (Å²) in [6, 6.07) is 0. The smallest absolute Gasteiger partial charge is 0.306 e. The zero-order chi connectivity index (χ0) is 55.7. The Morgan fingerprint density at radius 1 is 0.273 bits per heavy atom. The van der Waals surface area contributed by atoms with E-state index < -0.39 is 6.10 Å². The van der Waals surface area contributed by atoms with Gasteiger partial charge in [0.05, 0.1) is 0 Å². The highest BCUT2D eigenvalue weighted by atomic mass is 16.6. The van der Waals surface area contributed by atoms with Crippen molar-refractivity contribution in [3.63, 3.8) is 0 Å².